The maximum atomic E-state index is 12.6. The molecule has 2 saturated heterocycles. The highest BCUT2D eigenvalue weighted by molar-refractivity contribution is 5.78. The molecule has 2 N–H and O–H groups in total. The quantitative estimate of drug-likeness (QED) is 0.797. The second kappa shape index (κ2) is 9.30. The summed E-state index contributed by atoms with van der Waals surface area (Å²) in [5.74, 6) is 1.07. The minimum atomic E-state index is 0.0959. The zero-order valence-corrected chi connectivity index (χ0v) is 16.4. The lowest BCUT2D eigenvalue weighted by Gasteiger charge is -2.42. The van der Waals surface area contributed by atoms with Gasteiger partial charge < -0.3 is 10.3 Å². The molecule has 2 aromatic rings. The van der Waals surface area contributed by atoms with Gasteiger partial charge in [-0.25, -0.2) is 4.98 Å². The molecular weight excluding hydrogens is 352 g/mol. The third kappa shape index (κ3) is 4.97. The van der Waals surface area contributed by atoms with Crippen molar-refractivity contribution < 1.29 is 4.79 Å². The van der Waals surface area contributed by atoms with Gasteiger partial charge in [0.1, 0.15) is 5.82 Å². The summed E-state index contributed by atoms with van der Waals surface area (Å²) in [6.45, 7) is 5.75. The Morgan fingerprint density at radius 1 is 1.14 bits per heavy atom. The van der Waals surface area contributed by atoms with Crippen LogP contribution in [0.2, 0.25) is 0 Å². The Labute approximate surface area is 166 Å². The van der Waals surface area contributed by atoms with E-state index in [1.807, 2.05) is 12.4 Å². The van der Waals surface area contributed by atoms with Crippen LogP contribution in [-0.4, -0.2) is 62.9 Å². The van der Waals surface area contributed by atoms with Gasteiger partial charge in [-0.3, -0.25) is 19.6 Å². The standard InChI is InChI=1S/C21H30N6O/c28-21(25-14-20-23-9-10-24-20)18-2-1-11-27(16-18)19-5-12-26(13-6-19)15-17-3-7-22-8-4-17/h3-4,7-10,18-19H,1-2,5-6,11-16H2,(H,23,24)(H,25,28)/t18-/m1/s1. The average Bonchev–Trinajstić information content (AvgIpc) is 3.27. The van der Waals surface area contributed by atoms with Crippen molar-refractivity contribution in [1.82, 2.24) is 30.1 Å². The Hall–Kier alpha value is -2.25. The first kappa shape index (κ1) is 19.1. The summed E-state index contributed by atoms with van der Waals surface area (Å²) in [5.41, 5.74) is 1.33. The predicted octanol–water partition coefficient (Wildman–Crippen LogP) is 1.80. The van der Waals surface area contributed by atoms with Crippen LogP contribution in [0.3, 0.4) is 0 Å². The number of carbonyl (C=O) groups excluding carboxylic acids is 1. The van der Waals surface area contributed by atoms with E-state index < -0.39 is 0 Å². The summed E-state index contributed by atoms with van der Waals surface area (Å²) in [5, 5.41) is 3.04. The Kier molecular flexibility index (Phi) is 6.34. The molecule has 2 aromatic heterocycles. The fourth-order valence-corrected chi connectivity index (χ4v) is 4.45. The number of nitrogens with one attached hydrogen (secondary N) is 2. The number of piperidine rings is 2. The molecule has 7 nitrogen and oxygen atoms in total. The lowest BCUT2D eigenvalue weighted by Crippen LogP contribution is -2.50. The second-order valence-corrected chi connectivity index (χ2v) is 7.95. The number of aromatic nitrogens is 3. The number of hydrogen-bond acceptors (Lipinski definition) is 5. The van der Waals surface area contributed by atoms with E-state index in [9.17, 15) is 4.79 Å². The van der Waals surface area contributed by atoms with Crippen molar-refractivity contribution in [3.8, 4) is 0 Å². The van der Waals surface area contributed by atoms with E-state index in [4.69, 9.17) is 0 Å². The molecule has 4 heterocycles. The molecule has 2 aliphatic heterocycles. The van der Waals surface area contributed by atoms with Gasteiger partial charge in [0.05, 0.1) is 12.5 Å². The monoisotopic (exact) mass is 382 g/mol. The van der Waals surface area contributed by atoms with Crippen LogP contribution in [0, 0.1) is 5.92 Å². The molecule has 1 atom stereocenters. The average molecular weight is 383 g/mol. The third-order valence-corrected chi connectivity index (χ3v) is 6.04. The predicted molar refractivity (Wildman–Crippen MR) is 107 cm³/mol. The zero-order chi connectivity index (χ0) is 19.2. The van der Waals surface area contributed by atoms with E-state index in [1.54, 1.807) is 12.4 Å². The number of pyridine rings is 1. The van der Waals surface area contributed by atoms with Gasteiger partial charge in [0.15, 0.2) is 0 Å². The smallest absolute Gasteiger partial charge is 0.224 e. The van der Waals surface area contributed by atoms with Crippen LogP contribution < -0.4 is 5.32 Å². The number of aromatic amines is 1. The van der Waals surface area contributed by atoms with Gasteiger partial charge in [0.2, 0.25) is 5.91 Å². The number of likely N-dealkylation sites (tertiary alicyclic amines) is 2. The third-order valence-electron chi connectivity index (χ3n) is 6.04. The van der Waals surface area contributed by atoms with Crippen LogP contribution in [0.1, 0.15) is 37.1 Å². The summed E-state index contributed by atoms with van der Waals surface area (Å²) < 4.78 is 0. The van der Waals surface area contributed by atoms with E-state index in [1.165, 1.54) is 18.4 Å². The Balaban J connectivity index is 1.23. The summed E-state index contributed by atoms with van der Waals surface area (Å²) in [4.78, 5) is 29.0. The van der Waals surface area contributed by atoms with Gasteiger partial charge in [-0.1, -0.05) is 0 Å². The van der Waals surface area contributed by atoms with Gasteiger partial charge in [-0.15, -0.1) is 0 Å². The molecular formula is C21H30N6O. The first-order chi connectivity index (χ1) is 13.8. The molecule has 150 valence electrons. The lowest BCUT2D eigenvalue weighted by atomic mass is 9.93. The number of nitrogens with zero attached hydrogens (tertiary/aromatic N) is 4. The van der Waals surface area contributed by atoms with Crippen molar-refractivity contribution in [2.45, 2.75) is 44.8 Å². The van der Waals surface area contributed by atoms with E-state index in [0.29, 0.717) is 12.6 Å². The van der Waals surface area contributed by atoms with Gasteiger partial charge in [-0.2, -0.15) is 0 Å². The maximum absolute atomic E-state index is 12.6. The Morgan fingerprint density at radius 2 is 1.96 bits per heavy atom. The molecule has 7 heteroatoms. The molecule has 2 fully saturated rings. The van der Waals surface area contributed by atoms with Crippen LogP contribution >= 0.6 is 0 Å². The van der Waals surface area contributed by atoms with Crippen molar-refractivity contribution >= 4 is 5.91 Å². The van der Waals surface area contributed by atoms with Crippen LogP contribution in [-0.2, 0) is 17.9 Å². The number of rotatable bonds is 6. The van der Waals surface area contributed by atoms with Crippen LogP contribution in [0.15, 0.2) is 36.9 Å². The van der Waals surface area contributed by atoms with Crippen molar-refractivity contribution in [3.05, 3.63) is 48.3 Å². The Bertz CT molecular complexity index is 727. The van der Waals surface area contributed by atoms with Crippen molar-refractivity contribution in [2.75, 3.05) is 26.2 Å². The zero-order valence-electron chi connectivity index (χ0n) is 16.4. The molecule has 0 spiro atoms. The largest absolute Gasteiger partial charge is 0.349 e. The molecule has 0 aromatic carbocycles. The molecule has 0 bridgehead atoms. The molecule has 28 heavy (non-hydrogen) atoms. The minimum Gasteiger partial charge on any atom is -0.349 e. The van der Waals surface area contributed by atoms with Crippen molar-refractivity contribution in [3.63, 3.8) is 0 Å². The summed E-state index contributed by atoms with van der Waals surface area (Å²) >= 11 is 0. The normalized spacial score (nSPS) is 22.2. The number of carbonyl (C=O) groups is 1. The lowest BCUT2D eigenvalue weighted by molar-refractivity contribution is -0.127. The van der Waals surface area contributed by atoms with E-state index in [0.717, 1.165) is 51.4 Å². The molecule has 0 aliphatic carbocycles. The fraction of sp³-hybridized carbons (Fsp3) is 0.571. The highest BCUT2D eigenvalue weighted by Gasteiger charge is 2.31. The highest BCUT2D eigenvalue weighted by atomic mass is 16.1. The van der Waals surface area contributed by atoms with Gasteiger partial charge >= 0.3 is 0 Å². The molecule has 0 saturated carbocycles. The number of H-pyrrole nitrogens is 1. The van der Waals surface area contributed by atoms with Gasteiger partial charge in [0, 0.05) is 43.9 Å². The maximum Gasteiger partial charge on any atom is 0.224 e. The molecule has 1 amide bonds. The summed E-state index contributed by atoms with van der Waals surface area (Å²) in [7, 11) is 0. The number of amides is 1. The van der Waals surface area contributed by atoms with Crippen LogP contribution in [0.4, 0.5) is 0 Å². The van der Waals surface area contributed by atoms with Crippen LogP contribution in [0.25, 0.3) is 0 Å². The SMILES string of the molecule is O=C(NCc1ncc[nH]1)[C@@H]1CCCN(C2CCN(Cc3ccncc3)CC2)C1. The molecule has 4 rings (SSSR count). The molecule has 2 aliphatic rings. The number of hydrogen-bond donors (Lipinski definition) is 2. The number of imidazole rings is 1. The van der Waals surface area contributed by atoms with Gasteiger partial charge in [0.25, 0.3) is 0 Å². The van der Waals surface area contributed by atoms with E-state index in [2.05, 4.69) is 42.2 Å². The van der Waals surface area contributed by atoms with Crippen LogP contribution in [0.5, 0.6) is 0 Å². The molecule has 0 unspecified atom stereocenters. The summed E-state index contributed by atoms with van der Waals surface area (Å²) in [6, 6.07) is 4.81. The topological polar surface area (TPSA) is 77.2 Å². The van der Waals surface area contributed by atoms with Gasteiger partial charge in [-0.05, 0) is 63.0 Å². The van der Waals surface area contributed by atoms with Crippen molar-refractivity contribution in [2.24, 2.45) is 5.92 Å². The highest BCUT2D eigenvalue weighted by Crippen LogP contribution is 2.24. The fourth-order valence-electron chi connectivity index (χ4n) is 4.45. The second-order valence-electron chi connectivity index (χ2n) is 7.95. The first-order valence-corrected chi connectivity index (χ1v) is 10.4. The Morgan fingerprint density at radius 3 is 2.71 bits per heavy atom. The van der Waals surface area contributed by atoms with E-state index in [-0.39, 0.29) is 11.8 Å². The van der Waals surface area contributed by atoms with E-state index >= 15 is 0 Å². The first-order valence-electron chi connectivity index (χ1n) is 10.4. The minimum absolute atomic E-state index is 0.0959. The summed E-state index contributed by atoms with van der Waals surface area (Å²) in [6.07, 6.45) is 11.7. The van der Waals surface area contributed by atoms with Crippen molar-refractivity contribution in [1.29, 1.82) is 0 Å². The molecule has 0 radical (unpaired) electrons.